The Morgan fingerprint density at radius 1 is 1.21 bits per heavy atom. The van der Waals surface area contributed by atoms with Crippen molar-refractivity contribution in [3.05, 3.63) is 60.2 Å². The second kappa shape index (κ2) is 5.04. The maximum absolute atomic E-state index is 8.93. The van der Waals surface area contributed by atoms with E-state index in [1.807, 2.05) is 30.4 Å². The third-order valence-corrected chi connectivity index (χ3v) is 2.11. The third kappa shape index (κ3) is 2.11. The molecule has 0 atom stereocenters. The van der Waals surface area contributed by atoms with Crippen LogP contribution < -0.4 is 0 Å². The topological polar surface area (TPSA) is 23.8 Å². The van der Waals surface area contributed by atoms with Gasteiger partial charge in [0.25, 0.3) is 0 Å². The summed E-state index contributed by atoms with van der Waals surface area (Å²) in [4.78, 5) is 0. The van der Waals surface area contributed by atoms with Gasteiger partial charge in [0.05, 0.1) is 11.6 Å². The number of hydrogen-bond acceptors (Lipinski definition) is 1. The van der Waals surface area contributed by atoms with Gasteiger partial charge in [0, 0.05) is 0 Å². The number of nitriles is 1. The molecule has 0 spiro atoms. The van der Waals surface area contributed by atoms with Crippen molar-refractivity contribution in [2.75, 3.05) is 0 Å². The number of hydrogen-bond donors (Lipinski definition) is 0. The summed E-state index contributed by atoms with van der Waals surface area (Å²) in [5.41, 5.74) is 2.98. The summed E-state index contributed by atoms with van der Waals surface area (Å²) in [6, 6.07) is 7.97. The molecule has 0 saturated carbocycles. The quantitative estimate of drug-likeness (QED) is 0.658. The van der Waals surface area contributed by atoms with Crippen molar-refractivity contribution in [2.45, 2.75) is 12.8 Å². The Balaban J connectivity index is 3.20. The van der Waals surface area contributed by atoms with Crippen LogP contribution in [0.2, 0.25) is 0 Å². The van der Waals surface area contributed by atoms with Gasteiger partial charge < -0.3 is 0 Å². The molecule has 0 saturated heterocycles. The Hall–Kier alpha value is -1.81. The van der Waals surface area contributed by atoms with Gasteiger partial charge in [0.1, 0.15) is 0 Å². The highest BCUT2D eigenvalue weighted by Gasteiger charge is 2.04. The Labute approximate surface area is 85.0 Å². The summed E-state index contributed by atoms with van der Waals surface area (Å²) in [5, 5.41) is 8.93. The molecular formula is C13H13N. The molecule has 1 rings (SSSR count). The van der Waals surface area contributed by atoms with Crippen molar-refractivity contribution in [1.29, 1.82) is 5.26 Å². The van der Waals surface area contributed by atoms with Gasteiger partial charge in [-0.25, -0.2) is 0 Å². The molecule has 1 aromatic rings. The van der Waals surface area contributed by atoms with Crippen LogP contribution >= 0.6 is 0 Å². The first-order valence-electron chi connectivity index (χ1n) is 4.56. The summed E-state index contributed by atoms with van der Waals surface area (Å²) in [7, 11) is 0. The van der Waals surface area contributed by atoms with Crippen LogP contribution in [-0.4, -0.2) is 0 Å². The van der Waals surface area contributed by atoms with Crippen LogP contribution in [0.3, 0.4) is 0 Å². The van der Waals surface area contributed by atoms with Crippen molar-refractivity contribution < 1.29 is 0 Å². The van der Waals surface area contributed by atoms with E-state index in [1.165, 1.54) is 5.56 Å². The maximum Gasteiger partial charge on any atom is 0.0994 e. The molecule has 14 heavy (non-hydrogen) atoms. The van der Waals surface area contributed by atoms with Crippen LogP contribution in [0, 0.1) is 11.3 Å². The predicted molar refractivity (Wildman–Crippen MR) is 59.0 cm³/mol. The second-order valence-corrected chi connectivity index (χ2v) is 3.04. The van der Waals surface area contributed by atoms with Crippen LogP contribution in [-0.2, 0) is 12.8 Å². The van der Waals surface area contributed by atoms with E-state index in [-0.39, 0.29) is 0 Å². The van der Waals surface area contributed by atoms with Crippen molar-refractivity contribution >= 4 is 0 Å². The molecule has 0 bridgehead atoms. The van der Waals surface area contributed by atoms with E-state index >= 15 is 0 Å². The zero-order valence-electron chi connectivity index (χ0n) is 8.16. The molecule has 0 aliphatic heterocycles. The van der Waals surface area contributed by atoms with E-state index in [4.69, 9.17) is 5.26 Å². The molecule has 0 radical (unpaired) electrons. The Bertz CT molecular complexity index is 383. The van der Waals surface area contributed by atoms with Gasteiger partial charge >= 0.3 is 0 Å². The Morgan fingerprint density at radius 2 is 1.93 bits per heavy atom. The average Bonchev–Trinajstić information content (AvgIpc) is 2.21. The molecule has 0 N–H and O–H groups in total. The summed E-state index contributed by atoms with van der Waals surface area (Å²) >= 11 is 0. The normalized spacial score (nSPS) is 9.07. The lowest BCUT2D eigenvalue weighted by Gasteiger charge is -2.07. The molecule has 0 fully saturated rings. The van der Waals surface area contributed by atoms with Gasteiger partial charge in [-0.1, -0.05) is 24.3 Å². The predicted octanol–water partition coefficient (Wildman–Crippen LogP) is 3.02. The summed E-state index contributed by atoms with van der Waals surface area (Å²) in [6.07, 6.45) is 5.22. The van der Waals surface area contributed by atoms with E-state index in [9.17, 15) is 0 Å². The smallest absolute Gasteiger partial charge is 0.0994 e. The van der Waals surface area contributed by atoms with Crippen LogP contribution in [0.1, 0.15) is 16.7 Å². The van der Waals surface area contributed by atoms with Crippen LogP contribution in [0.5, 0.6) is 0 Å². The molecule has 1 heteroatoms. The Kier molecular flexibility index (Phi) is 3.69. The van der Waals surface area contributed by atoms with Gasteiger partial charge in [-0.3, -0.25) is 0 Å². The number of benzene rings is 1. The number of allylic oxidation sites excluding steroid dienone is 2. The molecule has 0 unspecified atom stereocenters. The van der Waals surface area contributed by atoms with Gasteiger partial charge in [-0.05, 0) is 30.0 Å². The number of nitrogens with zero attached hydrogens (tertiary/aromatic N) is 1. The van der Waals surface area contributed by atoms with E-state index in [2.05, 4.69) is 19.2 Å². The van der Waals surface area contributed by atoms with Crippen molar-refractivity contribution in [1.82, 2.24) is 0 Å². The fraction of sp³-hybridized carbons (Fsp3) is 0.154. The average molecular weight is 183 g/mol. The monoisotopic (exact) mass is 183 g/mol. The molecule has 0 aliphatic carbocycles. The summed E-state index contributed by atoms with van der Waals surface area (Å²) < 4.78 is 0. The van der Waals surface area contributed by atoms with Gasteiger partial charge in [0.2, 0.25) is 0 Å². The van der Waals surface area contributed by atoms with E-state index in [1.54, 1.807) is 0 Å². The highest BCUT2D eigenvalue weighted by molar-refractivity contribution is 5.44. The van der Waals surface area contributed by atoms with Crippen molar-refractivity contribution in [3.8, 4) is 6.07 Å². The summed E-state index contributed by atoms with van der Waals surface area (Å²) in [5.74, 6) is 0. The van der Waals surface area contributed by atoms with E-state index in [0.29, 0.717) is 0 Å². The Morgan fingerprint density at radius 3 is 2.50 bits per heavy atom. The summed E-state index contributed by atoms with van der Waals surface area (Å²) in [6.45, 7) is 7.40. The highest BCUT2D eigenvalue weighted by atomic mass is 14.2. The van der Waals surface area contributed by atoms with Crippen LogP contribution in [0.4, 0.5) is 0 Å². The zero-order valence-corrected chi connectivity index (χ0v) is 8.16. The lowest BCUT2D eigenvalue weighted by molar-refractivity contribution is 1.14. The molecule has 0 heterocycles. The molecule has 0 aromatic heterocycles. The lowest BCUT2D eigenvalue weighted by Crippen LogP contribution is -1.95. The molecule has 0 aliphatic rings. The van der Waals surface area contributed by atoms with Gasteiger partial charge in [0.15, 0.2) is 0 Å². The lowest BCUT2D eigenvalue weighted by atomic mass is 9.97. The fourth-order valence-corrected chi connectivity index (χ4v) is 1.47. The fourth-order valence-electron chi connectivity index (χ4n) is 1.47. The van der Waals surface area contributed by atoms with Gasteiger partial charge in [-0.2, -0.15) is 5.26 Å². The highest BCUT2D eigenvalue weighted by Crippen LogP contribution is 2.16. The van der Waals surface area contributed by atoms with Crippen molar-refractivity contribution in [3.63, 3.8) is 0 Å². The molecule has 70 valence electrons. The first-order chi connectivity index (χ1) is 6.83. The zero-order chi connectivity index (χ0) is 10.4. The minimum Gasteiger partial charge on any atom is -0.192 e. The minimum atomic E-state index is 0.740. The molecule has 0 amide bonds. The first-order valence-corrected chi connectivity index (χ1v) is 4.56. The first kappa shape index (κ1) is 10.3. The van der Waals surface area contributed by atoms with E-state index < -0.39 is 0 Å². The van der Waals surface area contributed by atoms with Crippen LogP contribution in [0.15, 0.2) is 43.5 Å². The minimum absolute atomic E-state index is 0.740. The van der Waals surface area contributed by atoms with Crippen LogP contribution in [0.25, 0.3) is 0 Å². The largest absolute Gasteiger partial charge is 0.192 e. The second-order valence-electron chi connectivity index (χ2n) is 3.04. The maximum atomic E-state index is 8.93. The van der Waals surface area contributed by atoms with E-state index in [0.717, 1.165) is 24.0 Å². The number of rotatable bonds is 4. The molecule has 1 aromatic carbocycles. The van der Waals surface area contributed by atoms with Crippen molar-refractivity contribution in [2.24, 2.45) is 0 Å². The SMILES string of the molecule is C=CCc1cccc(C#N)c1CC=C. The van der Waals surface area contributed by atoms with Gasteiger partial charge in [-0.15, -0.1) is 13.2 Å². The molecule has 1 nitrogen and oxygen atoms in total. The third-order valence-electron chi connectivity index (χ3n) is 2.11. The molecular weight excluding hydrogens is 170 g/mol. The standard InChI is InChI=1S/C13H13N/c1-3-6-11-8-5-9-12(10-14)13(11)7-4-2/h3-5,8-9H,1-2,6-7H2.